The van der Waals surface area contributed by atoms with Crippen LogP contribution in [0.4, 0.5) is 0 Å². The third kappa shape index (κ3) is 2.29. The van der Waals surface area contributed by atoms with Gasteiger partial charge < -0.3 is 0 Å². The van der Waals surface area contributed by atoms with Crippen LogP contribution in [0.5, 0.6) is 0 Å². The third-order valence-electron chi connectivity index (χ3n) is 3.23. The van der Waals surface area contributed by atoms with E-state index in [1.165, 1.54) is 32.1 Å². The first kappa shape index (κ1) is 11.0. The highest BCUT2D eigenvalue weighted by molar-refractivity contribution is 7.99. The van der Waals surface area contributed by atoms with Gasteiger partial charge in [-0.2, -0.15) is 9.61 Å². The van der Waals surface area contributed by atoms with Gasteiger partial charge in [0.2, 0.25) is 0 Å². The molecule has 0 amide bonds. The van der Waals surface area contributed by atoms with Crippen LogP contribution in [-0.4, -0.2) is 25.1 Å². The maximum absolute atomic E-state index is 4.58. The van der Waals surface area contributed by atoms with Crippen molar-refractivity contribution in [2.24, 2.45) is 0 Å². The number of nitrogens with zero attached hydrogens (tertiary/aromatic N) is 4. The first-order chi connectivity index (χ1) is 8.33. The normalized spacial score (nSPS) is 17.7. The fourth-order valence-electron chi connectivity index (χ4n) is 2.30. The van der Waals surface area contributed by atoms with Gasteiger partial charge in [0, 0.05) is 5.25 Å². The minimum absolute atomic E-state index is 0.741. The van der Waals surface area contributed by atoms with E-state index < -0.39 is 0 Å². The summed E-state index contributed by atoms with van der Waals surface area (Å²) in [6, 6.07) is 4.06. The van der Waals surface area contributed by atoms with Gasteiger partial charge in [0.05, 0.1) is 0 Å². The van der Waals surface area contributed by atoms with Gasteiger partial charge in [-0.3, -0.25) is 0 Å². The highest BCUT2D eigenvalue weighted by Gasteiger charge is 2.15. The molecule has 2 aromatic heterocycles. The van der Waals surface area contributed by atoms with Gasteiger partial charge in [-0.05, 0) is 31.9 Å². The van der Waals surface area contributed by atoms with Crippen molar-refractivity contribution in [2.75, 3.05) is 0 Å². The maximum Gasteiger partial charge on any atom is 0.177 e. The molecule has 1 saturated carbocycles. The summed E-state index contributed by atoms with van der Waals surface area (Å²) in [5.41, 5.74) is 0.829. The summed E-state index contributed by atoms with van der Waals surface area (Å²) in [6.07, 6.45) is 6.78. The van der Waals surface area contributed by atoms with Crippen LogP contribution in [0.3, 0.4) is 0 Å². The number of hydrogen-bond acceptors (Lipinski definition) is 4. The van der Waals surface area contributed by atoms with Crippen LogP contribution >= 0.6 is 11.8 Å². The molecule has 0 radical (unpaired) electrons. The molecule has 0 atom stereocenters. The van der Waals surface area contributed by atoms with E-state index in [0.717, 1.165) is 21.7 Å². The first-order valence-electron chi connectivity index (χ1n) is 6.19. The largest absolute Gasteiger partial charge is 0.197 e. The Balaban J connectivity index is 1.82. The number of aromatic nitrogens is 4. The topological polar surface area (TPSA) is 43.1 Å². The van der Waals surface area contributed by atoms with Crippen molar-refractivity contribution in [3.8, 4) is 0 Å². The predicted molar refractivity (Wildman–Crippen MR) is 68.2 cm³/mol. The van der Waals surface area contributed by atoms with Gasteiger partial charge in [-0.25, -0.2) is 0 Å². The zero-order valence-electron chi connectivity index (χ0n) is 9.96. The molecule has 0 saturated heterocycles. The Kier molecular flexibility index (Phi) is 3.01. The fourth-order valence-corrected chi connectivity index (χ4v) is 3.48. The Morgan fingerprint density at radius 3 is 2.82 bits per heavy atom. The van der Waals surface area contributed by atoms with Gasteiger partial charge in [-0.15, -0.1) is 22.0 Å². The number of fused-ring (bicyclic) bond motifs is 1. The second-order valence-corrected chi connectivity index (χ2v) is 5.89. The molecule has 2 aromatic rings. The Bertz CT molecular complexity index is 516. The van der Waals surface area contributed by atoms with Crippen molar-refractivity contribution < 1.29 is 0 Å². The van der Waals surface area contributed by atoms with Crippen LogP contribution in [0, 0.1) is 6.92 Å². The second-order valence-electron chi connectivity index (χ2n) is 4.57. The standard InChI is InChI=1S/C12H16N4S/c1-9-13-14-11-7-8-12(15-16(9)11)17-10-5-3-2-4-6-10/h7-8,10H,2-6H2,1H3. The van der Waals surface area contributed by atoms with Crippen molar-refractivity contribution in [3.63, 3.8) is 0 Å². The molecule has 0 aromatic carbocycles. The van der Waals surface area contributed by atoms with Crippen LogP contribution in [-0.2, 0) is 0 Å². The Morgan fingerprint density at radius 1 is 1.18 bits per heavy atom. The van der Waals surface area contributed by atoms with Crippen molar-refractivity contribution in [1.29, 1.82) is 0 Å². The maximum atomic E-state index is 4.58. The van der Waals surface area contributed by atoms with Crippen molar-refractivity contribution in [3.05, 3.63) is 18.0 Å². The summed E-state index contributed by atoms with van der Waals surface area (Å²) in [5.74, 6) is 0.853. The zero-order chi connectivity index (χ0) is 11.7. The molecule has 0 spiro atoms. The van der Waals surface area contributed by atoms with Crippen LogP contribution in [0.15, 0.2) is 17.2 Å². The molecule has 1 fully saturated rings. The average molecular weight is 248 g/mol. The lowest BCUT2D eigenvalue weighted by Crippen LogP contribution is -2.08. The van der Waals surface area contributed by atoms with E-state index in [1.807, 2.05) is 29.3 Å². The molecule has 1 aliphatic carbocycles. The van der Waals surface area contributed by atoms with Crippen LogP contribution in [0.1, 0.15) is 37.9 Å². The Labute approximate surface area is 105 Å². The monoisotopic (exact) mass is 248 g/mol. The predicted octanol–water partition coefficient (Wildman–Crippen LogP) is 2.86. The molecule has 1 aliphatic rings. The number of rotatable bonds is 2. The minimum Gasteiger partial charge on any atom is -0.197 e. The Morgan fingerprint density at radius 2 is 2.00 bits per heavy atom. The summed E-state index contributed by atoms with van der Waals surface area (Å²) >= 11 is 1.90. The minimum atomic E-state index is 0.741. The molecule has 0 aliphatic heterocycles. The molecular formula is C12H16N4S. The van der Waals surface area contributed by atoms with E-state index in [1.54, 1.807) is 0 Å². The fraction of sp³-hybridized carbons (Fsp3) is 0.583. The van der Waals surface area contributed by atoms with E-state index in [4.69, 9.17) is 0 Å². The van der Waals surface area contributed by atoms with Crippen molar-refractivity contribution in [1.82, 2.24) is 19.8 Å². The lowest BCUT2D eigenvalue weighted by molar-refractivity contribution is 0.515. The van der Waals surface area contributed by atoms with Gasteiger partial charge in [0.1, 0.15) is 5.03 Å². The molecule has 17 heavy (non-hydrogen) atoms. The van der Waals surface area contributed by atoms with Crippen LogP contribution in [0.2, 0.25) is 0 Å². The Hall–Kier alpha value is -1.10. The van der Waals surface area contributed by atoms with Gasteiger partial charge in [0.15, 0.2) is 11.5 Å². The van der Waals surface area contributed by atoms with E-state index >= 15 is 0 Å². The van der Waals surface area contributed by atoms with Gasteiger partial charge in [-0.1, -0.05) is 19.3 Å². The molecule has 4 nitrogen and oxygen atoms in total. The lowest BCUT2D eigenvalue weighted by atomic mass is 10.0. The SMILES string of the molecule is Cc1nnc2ccc(SC3CCCCC3)nn12. The molecular weight excluding hydrogens is 232 g/mol. The zero-order valence-corrected chi connectivity index (χ0v) is 10.8. The lowest BCUT2D eigenvalue weighted by Gasteiger charge is -2.20. The molecule has 3 rings (SSSR count). The number of hydrogen-bond donors (Lipinski definition) is 0. The number of thioether (sulfide) groups is 1. The van der Waals surface area contributed by atoms with Gasteiger partial charge >= 0.3 is 0 Å². The van der Waals surface area contributed by atoms with Gasteiger partial charge in [0.25, 0.3) is 0 Å². The summed E-state index contributed by atoms with van der Waals surface area (Å²) in [4.78, 5) is 0. The average Bonchev–Trinajstić information content (AvgIpc) is 2.73. The third-order valence-corrected chi connectivity index (χ3v) is 4.50. The highest BCUT2D eigenvalue weighted by Crippen LogP contribution is 2.32. The van der Waals surface area contributed by atoms with E-state index in [2.05, 4.69) is 21.4 Å². The number of aryl methyl sites for hydroxylation is 1. The summed E-state index contributed by atoms with van der Waals surface area (Å²) in [7, 11) is 0. The van der Waals surface area contributed by atoms with E-state index in [-0.39, 0.29) is 0 Å². The summed E-state index contributed by atoms with van der Waals surface area (Å²) in [5, 5.41) is 14.5. The van der Waals surface area contributed by atoms with Crippen LogP contribution < -0.4 is 0 Å². The molecule has 5 heteroatoms. The molecule has 90 valence electrons. The van der Waals surface area contributed by atoms with E-state index in [0.29, 0.717) is 0 Å². The second kappa shape index (κ2) is 4.64. The smallest absolute Gasteiger partial charge is 0.177 e. The quantitative estimate of drug-likeness (QED) is 0.819. The molecule has 0 bridgehead atoms. The summed E-state index contributed by atoms with van der Waals surface area (Å²) in [6.45, 7) is 1.93. The molecule has 0 N–H and O–H groups in total. The first-order valence-corrected chi connectivity index (χ1v) is 7.06. The highest BCUT2D eigenvalue weighted by atomic mass is 32.2. The van der Waals surface area contributed by atoms with Crippen LogP contribution in [0.25, 0.3) is 5.65 Å². The van der Waals surface area contributed by atoms with Crippen molar-refractivity contribution >= 4 is 17.4 Å². The van der Waals surface area contributed by atoms with E-state index in [9.17, 15) is 0 Å². The van der Waals surface area contributed by atoms with Crippen molar-refractivity contribution in [2.45, 2.75) is 49.3 Å². The summed E-state index contributed by atoms with van der Waals surface area (Å²) < 4.78 is 1.82. The molecule has 2 heterocycles. The molecule has 0 unspecified atom stereocenters.